The number of carbonyl (C=O) groups excluding carboxylic acids is 1. The molecule has 2 aromatic heterocycles. The molecule has 0 aliphatic heterocycles. The van der Waals surface area contributed by atoms with Crippen LogP contribution in [0.1, 0.15) is 39.9 Å². The van der Waals surface area contributed by atoms with E-state index in [0.29, 0.717) is 30.2 Å². The van der Waals surface area contributed by atoms with Gasteiger partial charge in [0.2, 0.25) is 0 Å². The fourth-order valence-corrected chi connectivity index (χ4v) is 3.62. The molecule has 1 aromatic carbocycles. The van der Waals surface area contributed by atoms with Gasteiger partial charge < -0.3 is 4.90 Å². The Morgan fingerprint density at radius 1 is 1.29 bits per heavy atom. The van der Waals surface area contributed by atoms with Crippen molar-refractivity contribution in [3.8, 4) is 0 Å². The summed E-state index contributed by atoms with van der Waals surface area (Å²) in [6.45, 7) is 7.70. The van der Waals surface area contributed by atoms with Crippen LogP contribution >= 0.6 is 27.5 Å². The van der Waals surface area contributed by atoms with Crippen LogP contribution in [0.25, 0.3) is 0 Å². The molecule has 148 valence electrons. The molecule has 0 saturated heterocycles. The molecule has 3 aromatic rings. The van der Waals surface area contributed by atoms with E-state index in [1.165, 1.54) is 0 Å². The molecule has 0 N–H and O–H groups in total. The number of hydrogen-bond acceptors (Lipinski definition) is 3. The fourth-order valence-electron chi connectivity index (χ4n) is 3.14. The predicted molar refractivity (Wildman–Crippen MR) is 114 cm³/mol. The van der Waals surface area contributed by atoms with Crippen molar-refractivity contribution >= 4 is 33.4 Å². The topological polar surface area (TPSA) is 56.0 Å². The maximum absolute atomic E-state index is 12.9. The first-order valence-electron chi connectivity index (χ1n) is 9.05. The highest BCUT2D eigenvalue weighted by atomic mass is 79.9. The van der Waals surface area contributed by atoms with Crippen molar-refractivity contribution in [1.82, 2.24) is 24.5 Å². The van der Waals surface area contributed by atoms with E-state index >= 15 is 0 Å². The predicted octanol–water partition coefficient (Wildman–Crippen LogP) is 4.45. The Balaban J connectivity index is 1.78. The minimum Gasteiger partial charge on any atom is -0.336 e. The molecule has 0 radical (unpaired) electrons. The van der Waals surface area contributed by atoms with Crippen LogP contribution in [-0.2, 0) is 19.6 Å². The lowest BCUT2D eigenvalue weighted by atomic mass is 10.1. The van der Waals surface area contributed by atoms with Gasteiger partial charge in [0.05, 0.1) is 45.9 Å². The zero-order chi connectivity index (χ0) is 20.4. The number of amides is 1. The zero-order valence-electron chi connectivity index (χ0n) is 16.4. The van der Waals surface area contributed by atoms with Crippen molar-refractivity contribution in [3.05, 3.63) is 68.2 Å². The smallest absolute Gasteiger partial charge is 0.253 e. The van der Waals surface area contributed by atoms with Crippen molar-refractivity contribution in [1.29, 1.82) is 0 Å². The zero-order valence-corrected chi connectivity index (χ0v) is 18.8. The highest BCUT2D eigenvalue weighted by molar-refractivity contribution is 9.10. The number of halogens is 2. The summed E-state index contributed by atoms with van der Waals surface area (Å²) in [6, 6.07) is 7.66. The van der Waals surface area contributed by atoms with Crippen LogP contribution < -0.4 is 0 Å². The normalized spacial score (nSPS) is 11.1. The minimum atomic E-state index is -0.0590. The molecule has 0 spiro atoms. The van der Waals surface area contributed by atoms with E-state index in [1.807, 2.05) is 54.4 Å². The molecule has 1 amide bonds. The van der Waals surface area contributed by atoms with Gasteiger partial charge in [0.15, 0.2) is 0 Å². The molecule has 2 heterocycles. The summed E-state index contributed by atoms with van der Waals surface area (Å²) in [5.74, 6) is -0.0590. The number of benzene rings is 1. The Morgan fingerprint density at radius 3 is 2.68 bits per heavy atom. The standard InChI is InChI=1S/C20H23BrClN5O/c1-5-26-18(17(22)10-23-26)12-25(4)20(28)16-8-6-7-15(9-16)11-27-14(3)19(21)13(2)24-27/h6-10H,5,11-12H2,1-4H3. The Labute approximate surface area is 178 Å². The molecule has 8 heteroatoms. The fraction of sp³-hybridized carbons (Fsp3) is 0.350. The average molecular weight is 465 g/mol. The third-order valence-electron chi connectivity index (χ3n) is 4.73. The number of aromatic nitrogens is 4. The summed E-state index contributed by atoms with van der Waals surface area (Å²) in [5, 5.41) is 9.35. The lowest BCUT2D eigenvalue weighted by Gasteiger charge is -2.18. The van der Waals surface area contributed by atoms with Crippen LogP contribution in [0, 0.1) is 13.8 Å². The van der Waals surface area contributed by atoms with Crippen molar-refractivity contribution < 1.29 is 4.79 Å². The van der Waals surface area contributed by atoms with E-state index in [1.54, 1.807) is 18.1 Å². The third-order valence-corrected chi connectivity index (χ3v) is 6.19. The number of rotatable bonds is 6. The lowest BCUT2D eigenvalue weighted by molar-refractivity contribution is 0.0781. The Morgan fingerprint density at radius 2 is 2.04 bits per heavy atom. The monoisotopic (exact) mass is 463 g/mol. The van der Waals surface area contributed by atoms with Crippen LogP contribution in [0.4, 0.5) is 0 Å². The first-order valence-corrected chi connectivity index (χ1v) is 10.2. The Kier molecular flexibility index (Phi) is 6.25. The summed E-state index contributed by atoms with van der Waals surface area (Å²) < 4.78 is 4.76. The van der Waals surface area contributed by atoms with Crippen molar-refractivity contribution in [2.24, 2.45) is 0 Å². The van der Waals surface area contributed by atoms with Gasteiger partial charge in [-0.2, -0.15) is 10.2 Å². The minimum absolute atomic E-state index is 0.0590. The van der Waals surface area contributed by atoms with Gasteiger partial charge in [-0.1, -0.05) is 23.7 Å². The van der Waals surface area contributed by atoms with Gasteiger partial charge in [-0.15, -0.1) is 0 Å². The summed E-state index contributed by atoms with van der Waals surface area (Å²) in [4.78, 5) is 14.6. The SMILES string of the molecule is CCn1ncc(Cl)c1CN(C)C(=O)c1cccc(Cn2nc(C)c(Br)c2C)c1. The molecule has 0 saturated carbocycles. The van der Waals surface area contributed by atoms with Crippen LogP contribution in [-0.4, -0.2) is 37.4 Å². The molecular weight excluding hydrogens is 442 g/mol. The van der Waals surface area contributed by atoms with E-state index in [0.717, 1.165) is 27.1 Å². The van der Waals surface area contributed by atoms with E-state index in [-0.39, 0.29) is 5.91 Å². The van der Waals surface area contributed by atoms with Crippen LogP contribution in [0.3, 0.4) is 0 Å². The van der Waals surface area contributed by atoms with Crippen LogP contribution in [0.2, 0.25) is 5.02 Å². The number of hydrogen-bond donors (Lipinski definition) is 0. The first-order chi connectivity index (χ1) is 13.3. The second-order valence-corrected chi connectivity index (χ2v) is 7.96. The summed E-state index contributed by atoms with van der Waals surface area (Å²) >= 11 is 9.78. The molecule has 0 aliphatic rings. The summed E-state index contributed by atoms with van der Waals surface area (Å²) in [7, 11) is 1.77. The van der Waals surface area contributed by atoms with Crippen molar-refractivity contribution in [3.63, 3.8) is 0 Å². The molecule has 0 aliphatic carbocycles. The molecule has 0 fully saturated rings. The molecule has 0 unspecified atom stereocenters. The van der Waals surface area contributed by atoms with E-state index in [2.05, 4.69) is 26.1 Å². The van der Waals surface area contributed by atoms with Crippen LogP contribution in [0.5, 0.6) is 0 Å². The highest BCUT2D eigenvalue weighted by Gasteiger charge is 2.17. The number of carbonyl (C=O) groups is 1. The second kappa shape index (κ2) is 8.49. The van der Waals surface area contributed by atoms with Crippen molar-refractivity contribution in [2.45, 2.75) is 40.4 Å². The van der Waals surface area contributed by atoms with E-state index in [4.69, 9.17) is 11.6 Å². The highest BCUT2D eigenvalue weighted by Crippen LogP contribution is 2.21. The van der Waals surface area contributed by atoms with E-state index in [9.17, 15) is 4.79 Å². The van der Waals surface area contributed by atoms with Crippen LogP contribution in [0.15, 0.2) is 34.9 Å². The average Bonchev–Trinajstić information content (AvgIpc) is 3.15. The quantitative estimate of drug-likeness (QED) is 0.541. The Hall–Kier alpha value is -2.12. The number of aryl methyl sites for hydroxylation is 2. The van der Waals surface area contributed by atoms with Gasteiger partial charge in [0, 0.05) is 19.2 Å². The van der Waals surface area contributed by atoms with Gasteiger partial charge in [0.1, 0.15) is 0 Å². The van der Waals surface area contributed by atoms with Gasteiger partial charge in [-0.25, -0.2) is 0 Å². The molecule has 0 bridgehead atoms. The third kappa shape index (κ3) is 4.15. The molecular formula is C20H23BrClN5O. The lowest BCUT2D eigenvalue weighted by Crippen LogP contribution is -2.27. The second-order valence-electron chi connectivity index (χ2n) is 6.76. The van der Waals surface area contributed by atoms with E-state index < -0.39 is 0 Å². The van der Waals surface area contributed by atoms with Gasteiger partial charge in [-0.3, -0.25) is 14.2 Å². The van der Waals surface area contributed by atoms with Gasteiger partial charge in [0.25, 0.3) is 5.91 Å². The maximum atomic E-state index is 12.9. The molecule has 3 rings (SSSR count). The van der Waals surface area contributed by atoms with Crippen molar-refractivity contribution in [2.75, 3.05) is 7.05 Å². The summed E-state index contributed by atoms with van der Waals surface area (Å²) in [5.41, 5.74) is 4.51. The molecule has 28 heavy (non-hydrogen) atoms. The molecule has 0 atom stereocenters. The summed E-state index contributed by atoms with van der Waals surface area (Å²) in [6.07, 6.45) is 1.62. The molecule has 6 nitrogen and oxygen atoms in total. The largest absolute Gasteiger partial charge is 0.336 e. The maximum Gasteiger partial charge on any atom is 0.253 e. The number of nitrogens with zero attached hydrogens (tertiary/aromatic N) is 5. The first kappa shape index (κ1) is 20.6. The van der Waals surface area contributed by atoms with Gasteiger partial charge >= 0.3 is 0 Å². The Bertz CT molecular complexity index is 1010. The van der Waals surface area contributed by atoms with Gasteiger partial charge in [-0.05, 0) is 54.4 Å².